The van der Waals surface area contributed by atoms with Gasteiger partial charge in [0.05, 0.1) is 7.11 Å². The minimum atomic E-state index is -0.0404. The first-order chi connectivity index (χ1) is 9.67. The number of methoxy groups -OCH3 is 1. The van der Waals surface area contributed by atoms with Crippen LogP contribution in [0, 0.1) is 0 Å². The molecular formula is C18H30N2O. The molecule has 1 heterocycles. The molecule has 2 rings (SSSR count). The summed E-state index contributed by atoms with van der Waals surface area (Å²) in [7, 11) is 3.98. The van der Waals surface area contributed by atoms with Gasteiger partial charge in [0, 0.05) is 35.8 Å². The predicted molar refractivity (Wildman–Crippen MR) is 88.9 cm³/mol. The van der Waals surface area contributed by atoms with Crippen molar-refractivity contribution >= 4 is 0 Å². The van der Waals surface area contributed by atoms with E-state index in [2.05, 4.69) is 63.6 Å². The number of para-hydroxylation sites is 1. The van der Waals surface area contributed by atoms with Gasteiger partial charge in [-0.05, 0) is 47.7 Å². The molecule has 0 saturated carbocycles. The van der Waals surface area contributed by atoms with E-state index in [9.17, 15) is 0 Å². The highest BCUT2D eigenvalue weighted by Gasteiger charge is 2.41. The molecule has 0 aliphatic carbocycles. The van der Waals surface area contributed by atoms with Gasteiger partial charge in [-0.1, -0.05) is 18.2 Å². The third-order valence-electron chi connectivity index (χ3n) is 5.01. The highest BCUT2D eigenvalue weighted by atomic mass is 16.5. The first-order valence-corrected chi connectivity index (χ1v) is 7.79. The summed E-state index contributed by atoms with van der Waals surface area (Å²) < 4.78 is 5.55. The summed E-state index contributed by atoms with van der Waals surface area (Å²) in [5, 5.41) is 0. The molecular weight excluding hydrogens is 260 g/mol. The van der Waals surface area contributed by atoms with E-state index in [1.54, 1.807) is 7.11 Å². The van der Waals surface area contributed by atoms with Gasteiger partial charge in [-0.15, -0.1) is 0 Å². The van der Waals surface area contributed by atoms with Crippen molar-refractivity contribution < 1.29 is 4.74 Å². The normalized spacial score (nSPS) is 17.9. The van der Waals surface area contributed by atoms with E-state index >= 15 is 0 Å². The van der Waals surface area contributed by atoms with E-state index in [0.29, 0.717) is 6.04 Å². The van der Waals surface area contributed by atoms with Crippen LogP contribution in [-0.2, 0) is 5.54 Å². The number of ether oxygens (including phenoxy) is 1. The van der Waals surface area contributed by atoms with Crippen molar-refractivity contribution in [1.82, 2.24) is 9.80 Å². The topological polar surface area (TPSA) is 15.7 Å². The fourth-order valence-electron chi connectivity index (χ4n) is 3.04. The van der Waals surface area contributed by atoms with Crippen LogP contribution in [-0.4, -0.2) is 48.6 Å². The van der Waals surface area contributed by atoms with E-state index in [1.165, 1.54) is 5.56 Å². The fourth-order valence-corrected chi connectivity index (χ4v) is 3.04. The molecule has 118 valence electrons. The lowest BCUT2D eigenvalue weighted by atomic mass is 9.87. The first kappa shape index (κ1) is 16.3. The maximum Gasteiger partial charge on any atom is 0.123 e. The molecule has 1 aliphatic heterocycles. The van der Waals surface area contributed by atoms with Crippen LogP contribution >= 0.6 is 0 Å². The molecule has 0 amide bonds. The third-order valence-corrected chi connectivity index (χ3v) is 5.01. The minimum Gasteiger partial charge on any atom is -0.496 e. The molecule has 1 fully saturated rings. The molecule has 3 nitrogen and oxygen atoms in total. The van der Waals surface area contributed by atoms with Gasteiger partial charge in [-0.25, -0.2) is 0 Å². The molecule has 21 heavy (non-hydrogen) atoms. The molecule has 0 bridgehead atoms. The summed E-state index contributed by atoms with van der Waals surface area (Å²) in [6.07, 6.45) is 0. The van der Waals surface area contributed by atoms with E-state index in [1.807, 2.05) is 12.1 Å². The lowest BCUT2D eigenvalue weighted by Crippen LogP contribution is -2.66. The van der Waals surface area contributed by atoms with Crippen molar-refractivity contribution in [2.75, 3.05) is 27.2 Å². The van der Waals surface area contributed by atoms with Crippen molar-refractivity contribution in [3.05, 3.63) is 29.8 Å². The summed E-state index contributed by atoms with van der Waals surface area (Å²) in [5.74, 6) is 0.973. The zero-order valence-corrected chi connectivity index (χ0v) is 14.6. The van der Waals surface area contributed by atoms with Crippen LogP contribution in [0.1, 0.15) is 40.2 Å². The number of hydrogen-bond donors (Lipinski definition) is 0. The number of benzene rings is 1. The number of likely N-dealkylation sites (N-methyl/N-ethyl adjacent to an activating group) is 1. The number of hydrogen-bond acceptors (Lipinski definition) is 3. The molecule has 1 aromatic carbocycles. The van der Waals surface area contributed by atoms with Crippen molar-refractivity contribution in [3.8, 4) is 5.75 Å². The van der Waals surface area contributed by atoms with E-state index < -0.39 is 0 Å². The summed E-state index contributed by atoms with van der Waals surface area (Å²) in [5.41, 5.74) is 1.48. The lowest BCUT2D eigenvalue weighted by Gasteiger charge is -2.54. The fraction of sp³-hybridized carbons (Fsp3) is 0.667. The smallest absolute Gasteiger partial charge is 0.123 e. The molecule has 1 aromatic rings. The highest BCUT2D eigenvalue weighted by Crippen LogP contribution is 2.37. The Labute approximate surface area is 129 Å². The van der Waals surface area contributed by atoms with Crippen molar-refractivity contribution in [3.63, 3.8) is 0 Å². The van der Waals surface area contributed by atoms with Crippen molar-refractivity contribution in [2.24, 2.45) is 0 Å². The molecule has 0 atom stereocenters. The zero-order chi connectivity index (χ0) is 15.8. The Hall–Kier alpha value is -1.06. The maximum absolute atomic E-state index is 5.55. The molecule has 3 heteroatoms. The molecule has 0 radical (unpaired) electrons. The van der Waals surface area contributed by atoms with Gasteiger partial charge in [-0.2, -0.15) is 0 Å². The minimum absolute atomic E-state index is 0.0404. The Morgan fingerprint density at radius 1 is 1.10 bits per heavy atom. The van der Waals surface area contributed by atoms with Crippen LogP contribution in [0.15, 0.2) is 24.3 Å². The van der Waals surface area contributed by atoms with Gasteiger partial charge in [0.25, 0.3) is 0 Å². The standard InChI is InChI=1S/C18H30N2O/c1-17(2,3)20-12-14(13-20)19(6)18(4,5)15-10-8-9-11-16(15)21-7/h8-11,14H,12-13H2,1-7H3. The van der Waals surface area contributed by atoms with Crippen LogP contribution in [0.25, 0.3) is 0 Å². The Balaban J connectivity index is 2.13. The van der Waals surface area contributed by atoms with Gasteiger partial charge < -0.3 is 4.74 Å². The van der Waals surface area contributed by atoms with E-state index in [0.717, 1.165) is 18.8 Å². The number of rotatable bonds is 4. The van der Waals surface area contributed by atoms with Crippen molar-refractivity contribution in [2.45, 2.75) is 51.7 Å². The predicted octanol–water partition coefficient (Wildman–Crippen LogP) is 3.34. The summed E-state index contributed by atoms with van der Waals surface area (Å²) in [6, 6.07) is 8.95. The van der Waals surface area contributed by atoms with Gasteiger partial charge >= 0.3 is 0 Å². The summed E-state index contributed by atoms with van der Waals surface area (Å²) in [6.45, 7) is 13.7. The second-order valence-electron chi connectivity index (χ2n) is 7.60. The van der Waals surface area contributed by atoms with E-state index in [-0.39, 0.29) is 11.1 Å². The van der Waals surface area contributed by atoms with Gasteiger partial charge in [0.15, 0.2) is 0 Å². The van der Waals surface area contributed by atoms with Crippen LogP contribution in [0.2, 0.25) is 0 Å². The molecule has 0 N–H and O–H groups in total. The number of likely N-dealkylation sites (tertiary alicyclic amines) is 1. The van der Waals surface area contributed by atoms with Crippen molar-refractivity contribution in [1.29, 1.82) is 0 Å². The third kappa shape index (κ3) is 3.09. The Morgan fingerprint density at radius 2 is 1.67 bits per heavy atom. The first-order valence-electron chi connectivity index (χ1n) is 7.79. The van der Waals surface area contributed by atoms with Crippen LogP contribution in [0.3, 0.4) is 0 Å². The monoisotopic (exact) mass is 290 g/mol. The molecule has 1 saturated heterocycles. The summed E-state index contributed by atoms with van der Waals surface area (Å²) in [4.78, 5) is 5.03. The Kier molecular flexibility index (Phi) is 4.36. The number of nitrogens with zero attached hydrogens (tertiary/aromatic N) is 2. The van der Waals surface area contributed by atoms with Gasteiger partial charge in [0.1, 0.15) is 5.75 Å². The second kappa shape index (κ2) is 5.62. The quantitative estimate of drug-likeness (QED) is 0.846. The van der Waals surface area contributed by atoms with Crippen LogP contribution < -0.4 is 4.74 Å². The average Bonchev–Trinajstić information content (AvgIpc) is 2.35. The second-order valence-corrected chi connectivity index (χ2v) is 7.60. The SMILES string of the molecule is COc1ccccc1C(C)(C)N(C)C1CN(C(C)(C)C)C1. The van der Waals surface area contributed by atoms with Gasteiger partial charge in [0.2, 0.25) is 0 Å². The molecule has 0 spiro atoms. The van der Waals surface area contributed by atoms with E-state index in [4.69, 9.17) is 4.74 Å². The Morgan fingerprint density at radius 3 is 2.19 bits per heavy atom. The van der Waals surface area contributed by atoms with Crippen LogP contribution in [0.5, 0.6) is 5.75 Å². The average molecular weight is 290 g/mol. The summed E-state index contributed by atoms with van der Waals surface area (Å²) >= 11 is 0. The molecule has 1 aliphatic rings. The molecule has 0 aromatic heterocycles. The molecule has 0 unspecified atom stereocenters. The largest absolute Gasteiger partial charge is 0.496 e. The Bertz CT molecular complexity index is 484. The van der Waals surface area contributed by atoms with Gasteiger partial charge in [-0.3, -0.25) is 9.80 Å². The maximum atomic E-state index is 5.55. The highest BCUT2D eigenvalue weighted by molar-refractivity contribution is 5.38. The van der Waals surface area contributed by atoms with Crippen LogP contribution in [0.4, 0.5) is 0 Å². The zero-order valence-electron chi connectivity index (χ0n) is 14.6. The lowest BCUT2D eigenvalue weighted by molar-refractivity contribution is -0.0483.